The highest BCUT2D eigenvalue weighted by Crippen LogP contribution is 2.40. The fraction of sp³-hybridized carbons (Fsp3) is 0.625. The quantitative estimate of drug-likeness (QED) is 0.841. The highest BCUT2D eigenvalue weighted by molar-refractivity contribution is 5.43. The first-order chi connectivity index (χ1) is 9.37. The fourth-order valence-corrected chi connectivity index (χ4v) is 2.45. The molecule has 1 aliphatic heterocycles. The first kappa shape index (κ1) is 15.1. The Morgan fingerprint density at radius 3 is 2.85 bits per heavy atom. The Balaban J connectivity index is 2.00. The largest absolute Gasteiger partial charge is 0.493 e. The van der Waals surface area contributed by atoms with E-state index in [1.165, 1.54) is 0 Å². The van der Waals surface area contributed by atoms with Crippen molar-refractivity contribution in [2.24, 2.45) is 0 Å². The molecule has 1 aliphatic rings. The van der Waals surface area contributed by atoms with E-state index in [2.05, 4.69) is 19.0 Å². The number of aliphatic hydroxyl groups is 1. The summed E-state index contributed by atoms with van der Waals surface area (Å²) in [7, 11) is 4.10. The Hall–Kier alpha value is -1.26. The van der Waals surface area contributed by atoms with Gasteiger partial charge in [0.2, 0.25) is 0 Å². The van der Waals surface area contributed by atoms with Crippen LogP contribution in [-0.4, -0.2) is 42.9 Å². The second kappa shape index (κ2) is 6.02. The van der Waals surface area contributed by atoms with Crippen LogP contribution in [-0.2, 0) is 0 Å². The Morgan fingerprint density at radius 2 is 2.15 bits per heavy atom. The first-order valence-corrected chi connectivity index (χ1v) is 7.16. The highest BCUT2D eigenvalue weighted by atomic mass is 16.5. The van der Waals surface area contributed by atoms with Crippen LogP contribution in [0.25, 0.3) is 0 Å². The molecule has 2 rings (SSSR count). The Kier molecular flexibility index (Phi) is 4.55. The van der Waals surface area contributed by atoms with E-state index in [-0.39, 0.29) is 5.60 Å². The maximum atomic E-state index is 10.1. The molecule has 1 aromatic rings. The summed E-state index contributed by atoms with van der Waals surface area (Å²) in [5.74, 6) is 1.53. The molecule has 0 bridgehead atoms. The number of nitrogens with zero attached hydrogens (tertiary/aromatic N) is 1. The van der Waals surface area contributed by atoms with Crippen molar-refractivity contribution in [3.8, 4) is 11.5 Å². The summed E-state index contributed by atoms with van der Waals surface area (Å²) in [6, 6.07) is 5.69. The van der Waals surface area contributed by atoms with Crippen LogP contribution in [0.5, 0.6) is 11.5 Å². The van der Waals surface area contributed by atoms with Crippen LogP contribution in [0.2, 0.25) is 0 Å². The molecule has 112 valence electrons. The van der Waals surface area contributed by atoms with Gasteiger partial charge in [-0.15, -0.1) is 0 Å². The lowest BCUT2D eigenvalue weighted by atomic mass is 9.92. The van der Waals surface area contributed by atoms with Gasteiger partial charge < -0.3 is 19.5 Å². The highest BCUT2D eigenvalue weighted by Gasteiger charge is 2.32. The van der Waals surface area contributed by atoms with E-state index >= 15 is 0 Å². The van der Waals surface area contributed by atoms with Crippen LogP contribution < -0.4 is 9.47 Å². The third-order valence-corrected chi connectivity index (χ3v) is 3.43. The lowest BCUT2D eigenvalue weighted by Gasteiger charge is -2.35. The van der Waals surface area contributed by atoms with E-state index in [4.69, 9.17) is 9.47 Å². The summed E-state index contributed by atoms with van der Waals surface area (Å²) < 4.78 is 11.7. The molecule has 0 aliphatic carbocycles. The molecule has 1 N–H and O–H groups in total. The molecule has 0 saturated heterocycles. The van der Waals surface area contributed by atoms with E-state index in [0.29, 0.717) is 13.0 Å². The summed E-state index contributed by atoms with van der Waals surface area (Å²) in [5, 5.41) is 10.1. The molecular weight excluding hydrogens is 254 g/mol. The van der Waals surface area contributed by atoms with Gasteiger partial charge in [-0.25, -0.2) is 0 Å². The monoisotopic (exact) mass is 279 g/mol. The molecular formula is C16H25NO3. The summed E-state index contributed by atoms with van der Waals surface area (Å²) >= 11 is 0. The average Bonchev–Trinajstić information content (AvgIpc) is 2.32. The van der Waals surface area contributed by atoms with Gasteiger partial charge in [-0.05, 0) is 46.5 Å². The SMILES string of the molecule is CN(C)CCCOc1ccc2c(c1)OC(C)(C)CC2O. The number of hydrogen-bond donors (Lipinski definition) is 1. The molecule has 0 aromatic heterocycles. The van der Waals surface area contributed by atoms with Gasteiger partial charge in [0.25, 0.3) is 0 Å². The van der Waals surface area contributed by atoms with Gasteiger partial charge in [0.05, 0.1) is 12.7 Å². The molecule has 4 nitrogen and oxygen atoms in total. The van der Waals surface area contributed by atoms with E-state index in [9.17, 15) is 5.11 Å². The van der Waals surface area contributed by atoms with E-state index < -0.39 is 6.10 Å². The molecule has 20 heavy (non-hydrogen) atoms. The number of hydrogen-bond acceptors (Lipinski definition) is 4. The number of fused-ring (bicyclic) bond motifs is 1. The van der Waals surface area contributed by atoms with Gasteiger partial charge in [-0.2, -0.15) is 0 Å². The van der Waals surface area contributed by atoms with Crippen molar-refractivity contribution < 1.29 is 14.6 Å². The van der Waals surface area contributed by atoms with Crippen molar-refractivity contribution in [3.05, 3.63) is 23.8 Å². The third kappa shape index (κ3) is 3.87. The zero-order chi connectivity index (χ0) is 14.8. The number of ether oxygens (including phenoxy) is 2. The molecule has 1 atom stereocenters. The smallest absolute Gasteiger partial charge is 0.129 e. The summed E-state index contributed by atoms with van der Waals surface area (Å²) in [5.41, 5.74) is 0.514. The number of rotatable bonds is 5. The van der Waals surface area contributed by atoms with E-state index in [1.807, 2.05) is 32.0 Å². The predicted octanol–water partition coefficient (Wildman–Crippen LogP) is 2.61. The fourth-order valence-electron chi connectivity index (χ4n) is 2.45. The van der Waals surface area contributed by atoms with Crippen LogP contribution in [0.1, 0.15) is 38.4 Å². The van der Waals surface area contributed by atoms with Gasteiger partial charge in [-0.1, -0.05) is 0 Å². The molecule has 0 radical (unpaired) electrons. The Labute approximate surface area is 121 Å². The van der Waals surface area contributed by atoms with Crippen molar-refractivity contribution in [1.29, 1.82) is 0 Å². The maximum absolute atomic E-state index is 10.1. The predicted molar refractivity (Wildman–Crippen MR) is 79.4 cm³/mol. The second-order valence-corrected chi connectivity index (χ2v) is 6.29. The van der Waals surface area contributed by atoms with Crippen molar-refractivity contribution in [3.63, 3.8) is 0 Å². The van der Waals surface area contributed by atoms with Crippen molar-refractivity contribution in [1.82, 2.24) is 4.90 Å². The summed E-state index contributed by atoms with van der Waals surface area (Å²) in [6.45, 7) is 5.67. The average molecular weight is 279 g/mol. The van der Waals surface area contributed by atoms with E-state index in [1.54, 1.807) is 0 Å². The second-order valence-electron chi connectivity index (χ2n) is 6.29. The zero-order valence-corrected chi connectivity index (χ0v) is 12.8. The van der Waals surface area contributed by atoms with Crippen LogP contribution in [0.3, 0.4) is 0 Å². The van der Waals surface area contributed by atoms with Crippen molar-refractivity contribution in [2.45, 2.75) is 38.4 Å². The van der Waals surface area contributed by atoms with Gasteiger partial charge in [-0.3, -0.25) is 0 Å². The van der Waals surface area contributed by atoms with Crippen LogP contribution in [0, 0.1) is 0 Å². The lowest BCUT2D eigenvalue weighted by molar-refractivity contribution is 0.0113. The third-order valence-electron chi connectivity index (χ3n) is 3.43. The minimum absolute atomic E-state index is 0.337. The summed E-state index contributed by atoms with van der Waals surface area (Å²) in [6.07, 6.45) is 1.14. The van der Waals surface area contributed by atoms with Gasteiger partial charge >= 0.3 is 0 Å². The minimum Gasteiger partial charge on any atom is -0.493 e. The van der Waals surface area contributed by atoms with Gasteiger partial charge in [0, 0.05) is 24.6 Å². The van der Waals surface area contributed by atoms with Crippen LogP contribution >= 0.6 is 0 Å². The lowest BCUT2D eigenvalue weighted by Crippen LogP contribution is -2.34. The minimum atomic E-state index is -0.462. The topological polar surface area (TPSA) is 41.9 Å². The Bertz CT molecular complexity index is 457. The normalized spacial score (nSPS) is 20.4. The molecule has 0 spiro atoms. The van der Waals surface area contributed by atoms with Crippen molar-refractivity contribution in [2.75, 3.05) is 27.2 Å². The molecule has 0 fully saturated rings. The number of aliphatic hydroxyl groups excluding tert-OH is 1. The number of benzene rings is 1. The standard InChI is InChI=1S/C16H25NO3/c1-16(2)11-14(18)13-7-6-12(10-15(13)20-16)19-9-5-8-17(3)4/h6-7,10,14,18H,5,8-9,11H2,1-4H3. The van der Waals surface area contributed by atoms with Gasteiger partial charge in [0.1, 0.15) is 17.1 Å². The molecule has 1 heterocycles. The van der Waals surface area contributed by atoms with Gasteiger partial charge in [0.15, 0.2) is 0 Å². The molecule has 4 heteroatoms. The maximum Gasteiger partial charge on any atom is 0.129 e. The Morgan fingerprint density at radius 1 is 1.40 bits per heavy atom. The first-order valence-electron chi connectivity index (χ1n) is 7.16. The zero-order valence-electron chi connectivity index (χ0n) is 12.8. The molecule has 1 aromatic carbocycles. The summed E-state index contributed by atoms with van der Waals surface area (Å²) in [4.78, 5) is 2.14. The van der Waals surface area contributed by atoms with Crippen LogP contribution in [0.15, 0.2) is 18.2 Å². The molecule has 1 unspecified atom stereocenters. The van der Waals surface area contributed by atoms with Crippen LogP contribution in [0.4, 0.5) is 0 Å². The van der Waals surface area contributed by atoms with Crippen molar-refractivity contribution >= 4 is 0 Å². The molecule has 0 saturated carbocycles. The molecule has 0 amide bonds. The van der Waals surface area contributed by atoms with E-state index in [0.717, 1.165) is 30.0 Å².